The normalized spacial score (nSPS) is 21.6. The lowest BCUT2D eigenvalue weighted by atomic mass is 10.1. The van der Waals surface area contributed by atoms with Crippen LogP contribution < -0.4 is 5.32 Å². The summed E-state index contributed by atoms with van der Waals surface area (Å²) in [5.74, 6) is 0. The van der Waals surface area contributed by atoms with Gasteiger partial charge in [-0.05, 0) is 44.9 Å². The zero-order valence-corrected chi connectivity index (χ0v) is 9.30. The summed E-state index contributed by atoms with van der Waals surface area (Å²) in [5, 5.41) is 2.92. The van der Waals surface area contributed by atoms with Gasteiger partial charge < -0.3 is 10.2 Å². The van der Waals surface area contributed by atoms with Gasteiger partial charge >= 0.3 is 6.03 Å². The summed E-state index contributed by atoms with van der Waals surface area (Å²) in [6.45, 7) is 1.85. The van der Waals surface area contributed by atoms with E-state index in [1.165, 1.54) is 37.7 Å². The van der Waals surface area contributed by atoms with Crippen LogP contribution in [-0.4, -0.2) is 24.0 Å². The molecule has 0 aromatic carbocycles. The van der Waals surface area contributed by atoms with E-state index < -0.39 is 0 Å². The van der Waals surface area contributed by atoms with Crippen LogP contribution in [0.5, 0.6) is 0 Å². The molecule has 1 saturated carbocycles. The van der Waals surface area contributed by atoms with Gasteiger partial charge in [0.15, 0.2) is 0 Å². The summed E-state index contributed by atoms with van der Waals surface area (Å²) in [6.07, 6.45) is 10.4. The molecular weight excluding hydrogens is 188 g/mol. The van der Waals surface area contributed by atoms with E-state index in [2.05, 4.69) is 5.32 Å². The average molecular weight is 208 g/mol. The van der Waals surface area contributed by atoms with Crippen LogP contribution in [0.1, 0.15) is 44.9 Å². The molecule has 2 amide bonds. The standard InChI is InChI=1S/C12H20N2O/c15-12(14-8-4-1-5-9-14)13-10-11-6-2-3-7-11/h10H,1-9H2,(H,13,15). The molecule has 2 fully saturated rings. The molecule has 3 nitrogen and oxygen atoms in total. The van der Waals surface area contributed by atoms with Crippen molar-refractivity contribution >= 4 is 6.03 Å². The van der Waals surface area contributed by atoms with Crippen molar-refractivity contribution in [1.29, 1.82) is 0 Å². The Morgan fingerprint density at radius 3 is 2.40 bits per heavy atom. The molecule has 0 aromatic rings. The quantitative estimate of drug-likeness (QED) is 0.706. The van der Waals surface area contributed by atoms with E-state index in [9.17, 15) is 4.79 Å². The Balaban J connectivity index is 1.78. The Morgan fingerprint density at radius 2 is 1.73 bits per heavy atom. The van der Waals surface area contributed by atoms with Crippen LogP contribution in [-0.2, 0) is 0 Å². The lowest BCUT2D eigenvalue weighted by Gasteiger charge is -2.26. The molecule has 2 aliphatic rings. The van der Waals surface area contributed by atoms with Crippen molar-refractivity contribution in [3.63, 3.8) is 0 Å². The molecule has 3 heteroatoms. The van der Waals surface area contributed by atoms with Crippen LogP contribution >= 0.6 is 0 Å². The second-order valence-electron chi connectivity index (χ2n) is 4.51. The van der Waals surface area contributed by atoms with E-state index in [4.69, 9.17) is 0 Å². The number of urea groups is 1. The summed E-state index contributed by atoms with van der Waals surface area (Å²) in [7, 11) is 0. The highest BCUT2D eigenvalue weighted by molar-refractivity contribution is 5.75. The molecule has 1 saturated heterocycles. The fraction of sp³-hybridized carbons (Fsp3) is 0.750. The lowest BCUT2D eigenvalue weighted by Crippen LogP contribution is -2.40. The first-order chi connectivity index (χ1) is 7.36. The summed E-state index contributed by atoms with van der Waals surface area (Å²) in [4.78, 5) is 13.7. The van der Waals surface area contributed by atoms with Gasteiger partial charge in [0.2, 0.25) is 0 Å². The minimum atomic E-state index is 0.0918. The van der Waals surface area contributed by atoms with E-state index in [1.807, 2.05) is 11.1 Å². The van der Waals surface area contributed by atoms with Gasteiger partial charge in [-0.3, -0.25) is 0 Å². The van der Waals surface area contributed by atoms with Crippen LogP contribution in [0.4, 0.5) is 4.79 Å². The number of nitrogens with one attached hydrogen (secondary N) is 1. The Bertz CT molecular complexity index is 246. The zero-order chi connectivity index (χ0) is 10.5. The number of hydrogen-bond donors (Lipinski definition) is 1. The first kappa shape index (κ1) is 10.5. The largest absolute Gasteiger partial charge is 0.325 e. The Hall–Kier alpha value is -0.990. The van der Waals surface area contributed by atoms with Gasteiger partial charge in [-0.1, -0.05) is 5.57 Å². The summed E-state index contributed by atoms with van der Waals surface area (Å²) < 4.78 is 0. The predicted octanol–water partition coefficient (Wildman–Crippen LogP) is 2.64. The van der Waals surface area contributed by atoms with E-state index in [-0.39, 0.29) is 6.03 Å². The molecule has 84 valence electrons. The SMILES string of the molecule is O=C(NC=C1CCCC1)N1CCCCC1. The van der Waals surface area contributed by atoms with Gasteiger partial charge in [0.05, 0.1) is 0 Å². The smallest absolute Gasteiger partial charge is 0.321 e. The number of likely N-dealkylation sites (tertiary alicyclic amines) is 1. The van der Waals surface area contributed by atoms with Crippen LogP contribution in [0.25, 0.3) is 0 Å². The van der Waals surface area contributed by atoms with Crippen molar-refractivity contribution in [3.05, 3.63) is 11.8 Å². The van der Waals surface area contributed by atoms with Crippen molar-refractivity contribution in [3.8, 4) is 0 Å². The molecule has 0 aromatic heterocycles. The number of allylic oxidation sites excluding steroid dienone is 1. The number of amides is 2. The van der Waals surface area contributed by atoms with Crippen molar-refractivity contribution in [2.24, 2.45) is 0 Å². The Kier molecular flexibility index (Phi) is 3.64. The molecule has 0 unspecified atom stereocenters. The second kappa shape index (κ2) is 5.19. The van der Waals surface area contributed by atoms with E-state index >= 15 is 0 Å². The molecule has 0 atom stereocenters. The van der Waals surface area contributed by atoms with Gasteiger partial charge in [0.1, 0.15) is 0 Å². The third-order valence-corrected chi connectivity index (χ3v) is 3.29. The van der Waals surface area contributed by atoms with Crippen LogP contribution in [0, 0.1) is 0 Å². The molecule has 0 bridgehead atoms. The third-order valence-electron chi connectivity index (χ3n) is 3.29. The minimum absolute atomic E-state index is 0.0918. The first-order valence-electron chi connectivity index (χ1n) is 6.09. The highest BCUT2D eigenvalue weighted by Gasteiger charge is 2.15. The molecule has 15 heavy (non-hydrogen) atoms. The van der Waals surface area contributed by atoms with Crippen molar-refractivity contribution in [2.45, 2.75) is 44.9 Å². The Labute approximate surface area is 91.5 Å². The summed E-state index contributed by atoms with van der Waals surface area (Å²) in [5.41, 5.74) is 1.40. The fourth-order valence-electron chi connectivity index (χ4n) is 2.33. The van der Waals surface area contributed by atoms with Gasteiger partial charge in [0.25, 0.3) is 0 Å². The molecule has 1 aliphatic heterocycles. The van der Waals surface area contributed by atoms with Crippen molar-refractivity contribution in [2.75, 3.05) is 13.1 Å². The maximum absolute atomic E-state index is 11.7. The van der Waals surface area contributed by atoms with Gasteiger partial charge in [0, 0.05) is 19.3 Å². The fourth-order valence-corrected chi connectivity index (χ4v) is 2.33. The average Bonchev–Trinajstić information content (AvgIpc) is 2.80. The lowest BCUT2D eigenvalue weighted by molar-refractivity contribution is 0.190. The summed E-state index contributed by atoms with van der Waals surface area (Å²) >= 11 is 0. The molecule has 1 aliphatic carbocycles. The van der Waals surface area contributed by atoms with Gasteiger partial charge in [-0.2, -0.15) is 0 Å². The van der Waals surface area contributed by atoms with Crippen molar-refractivity contribution in [1.82, 2.24) is 10.2 Å². The van der Waals surface area contributed by atoms with E-state index in [0.29, 0.717) is 0 Å². The van der Waals surface area contributed by atoms with Crippen molar-refractivity contribution < 1.29 is 4.79 Å². The third kappa shape index (κ3) is 2.98. The van der Waals surface area contributed by atoms with Gasteiger partial charge in [-0.15, -0.1) is 0 Å². The monoisotopic (exact) mass is 208 g/mol. The number of piperidine rings is 1. The molecule has 2 rings (SSSR count). The molecule has 0 spiro atoms. The van der Waals surface area contributed by atoms with Gasteiger partial charge in [-0.25, -0.2) is 4.79 Å². The number of rotatable bonds is 1. The second-order valence-corrected chi connectivity index (χ2v) is 4.51. The molecule has 1 heterocycles. The number of carbonyl (C=O) groups is 1. The predicted molar refractivity (Wildman–Crippen MR) is 60.5 cm³/mol. The first-order valence-corrected chi connectivity index (χ1v) is 6.09. The van der Waals surface area contributed by atoms with E-state index in [0.717, 1.165) is 25.9 Å². The molecule has 1 N–H and O–H groups in total. The number of nitrogens with zero attached hydrogens (tertiary/aromatic N) is 1. The van der Waals surface area contributed by atoms with E-state index in [1.54, 1.807) is 0 Å². The number of hydrogen-bond acceptors (Lipinski definition) is 1. The topological polar surface area (TPSA) is 32.3 Å². The summed E-state index contributed by atoms with van der Waals surface area (Å²) in [6, 6.07) is 0.0918. The minimum Gasteiger partial charge on any atom is -0.325 e. The maximum atomic E-state index is 11.7. The van der Waals surface area contributed by atoms with Crippen LogP contribution in [0.3, 0.4) is 0 Å². The Morgan fingerprint density at radius 1 is 1.07 bits per heavy atom. The molecule has 0 radical (unpaired) electrons. The highest BCUT2D eigenvalue weighted by Crippen LogP contribution is 2.22. The number of carbonyl (C=O) groups excluding carboxylic acids is 1. The highest BCUT2D eigenvalue weighted by atomic mass is 16.2. The van der Waals surface area contributed by atoms with Crippen LogP contribution in [0.2, 0.25) is 0 Å². The zero-order valence-electron chi connectivity index (χ0n) is 9.30. The molecular formula is C12H20N2O. The maximum Gasteiger partial charge on any atom is 0.321 e. The van der Waals surface area contributed by atoms with Crippen LogP contribution in [0.15, 0.2) is 11.8 Å².